The van der Waals surface area contributed by atoms with E-state index in [-0.39, 0.29) is 23.8 Å². The number of rotatable bonds is 8. The molecule has 0 aliphatic carbocycles. The highest BCUT2D eigenvalue weighted by molar-refractivity contribution is 7.89. The largest absolute Gasteiger partial charge is 0.386 e. The average Bonchev–Trinajstić information content (AvgIpc) is 2.87. The first-order valence-corrected chi connectivity index (χ1v) is 13.1. The number of hydrogen-bond donors (Lipinski definition) is 2. The molecule has 3 heterocycles. The van der Waals surface area contributed by atoms with E-state index in [1.54, 1.807) is 42.7 Å². The van der Waals surface area contributed by atoms with Crippen LogP contribution < -0.4 is 9.62 Å². The van der Waals surface area contributed by atoms with E-state index < -0.39 is 15.6 Å². The number of aryl methyl sites for hydroxylation is 1. The molecule has 35 heavy (non-hydrogen) atoms. The molecule has 1 amide bonds. The molecule has 1 atom stereocenters. The summed E-state index contributed by atoms with van der Waals surface area (Å²) in [5.41, 5.74) is 1.70. The zero-order chi connectivity index (χ0) is 25.1. The number of likely N-dealkylation sites (N-methyl/N-ethyl adjacent to an activating group) is 1. The molecule has 10 heteroatoms. The molecule has 1 aliphatic heterocycles. The number of aliphatic hydroxyl groups is 1. The van der Waals surface area contributed by atoms with Crippen molar-refractivity contribution < 1.29 is 18.3 Å². The molecule has 1 fully saturated rings. The fourth-order valence-electron chi connectivity index (χ4n) is 4.62. The van der Waals surface area contributed by atoms with E-state index in [2.05, 4.69) is 19.6 Å². The van der Waals surface area contributed by atoms with Crippen LogP contribution in [0.15, 0.2) is 59.9 Å². The number of nitrogens with zero attached hydrogens (tertiary/aromatic N) is 4. The molecule has 0 unspecified atom stereocenters. The third-order valence-electron chi connectivity index (χ3n) is 6.50. The first-order valence-electron chi connectivity index (χ1n) is 11.6. The molecule has 1 aromatic carbocycles. The monoisotopic (exact) mass is 497 g/mol. The molecule has 0 saturated carbocycles. The number of anilines is 1. The maximum absolute atomic E-state index is 12.8. The van der Waals surface area contributed by atoms with Gasteiger partial charge in [0.1, 0.15) is 0 Å². The van der Waals surface area contributed by atoms with E-state index in [0.29, 0.717) is 19.4 Å². The van der Waals surface area contributed by atoms with Gasteiger partial charge in [-0.1, -0.05) is 12.1 Å². The predicted octanol–water partition coefficient (Wildman–Crippen LogP) is 1.96. The Kier molecular flexibility index (Phi) is 7.34. The third-order valence-corrected chi connectivity index (χ3v) is 7.93. The number of benzene rings is 1. The Morgan fingerprint density at radius 3 is 2.71 bits per heavy atom. The van der Waals surface area contributed by atoms with Crippen LogP contribution in [0.25, 0.3) is 10.9 Å². The van der Waals surface area contributed by atoms with Crippen molar-refractivity contribution in [1.82, 2.24) is 19.6 Å². The molecule has 2 aromatic heterocycles. The Morgan fingerprint density at radius 1 is 1.20 bits per heavy atom. The Bertz CT molecular complexity index is 1290. The topological polar surface area (TPSA) is 116 Å². The van der Waals surface area contributed by atoms with Crippen LogP contribution in [0.4, 0.5) is 5.69 Å². The van der Waals surface area contributed by atoms with Gasteiger partial charge in [0, 0.05) is 56.2 Å². The van der Waals surface area contributed by atoms with E-state index in [0.717, 1.165) is 35.1 Å². The van der Waals surface area contributed by atoms with Crippen LogP contribution >= 0.6 is 0 Å². The summed E-state index contributed by atoms with van der Waals surface area (Å²) in [7, 11) is -0.399. The van der Waals surface area contributed by atoms with E-state index in [9.17, 15) is 18.3 Å². The molecule has 2 N–H and O–H groups in total. The van der Waals surface area contributed by atoms with Gasteiger partial charge >= 0.3 is 0 Å². The van der Waals surface area contributed by atoms with Gasteiger partial charge in [-0.05, 0) is 56.1 Å². The van der Waals surface area contributed by atoms with E-state index in [1.165, 1.54) is 19.2 Å². The van der Waals surface area contributed by atoms with Crippen molar-refractivity contribution in [2.45, 2.75) is 36.2 Å². The van der Waals surface area contributed by atoms with Gasteiger partial charge in [0.15, 0.2) is 0 Å². The minimum atomic E-state index is -3.48. The number of piperidine rings is 1. The Labute approximate surface area is 205 Å². The fourth-order valence-corrected chi connectivity index (χ4v) is 5.35. The summed E-state index contributed by atoms with van der Waals surface area (Å²) in [4.78, 5) is 25.4. The second-order valence-corrected chi connectivity index (χ2v) is 11.0. The first kappa shape index (κ1) is 25.0. The zero-order valence-corrected chi connectivity index (χ0v) is 20.8. The number of fused-ring (bicyclic) bond motifs is 1. The van der Waals surface area contributed by atoms with Crippen molar-refractivity contribution in [3.05, 3.63) is 60.6 Å². The molecule has 3 aromatic rings. The lowest BCUT2D eigenvalue weighted by atomic mass is 9.91. The van der Waals surface area contributed by atoms with E-state index in [4.69, 9.17) is 0 Å². The number of carbonyl (C=O) groups excluding carboxylic acids is 1. The van der Waals surface area contributed by atoms with Crippen molar-refractivity contribution in [2.24, 2.45) is 0 Å². The lowest BCUT2D eigenvalue weighted by Gasteiger charge is -2.42. The highest BCUT2D eigenvalue weighted by Crippen LogP contribution is 2.31. The Hall–Kier alpha value is -3.08. The van der Waals surface area contributed by atoms with Crippen molar-refractivity contribution >= 4 is 32.5 Å². The summed E-state index contributed by atoms with van der Waals surface area (Å²) in [6.45, 7) is 1.47. The van der Waals surface area contributed by atoms with Gasteiger partial charge in [0.25, 0.3) is 0 Å². The van der Waals surface area contributed by atoms with Gasteiger partial charge in [-0.3, -0.25) is 14.8 Å². The van der Waals surface area contributed by atoms with Crippen LogP contribution in [0.2, 0.25) is 0 Å². The smallest absolute Gasteiger partial charge is 0.240 e. The number of hydrogen-bond acceptors (Lipinski definition) is 7. The Morgan fingerprint density at radius 2 is 1.97 bits per heavy atom. The van der Waals surface area contributed by atoms with Gasteiger partial charge in [0.2, 0.25) is 15.9 Å². The van der Waals surface area contributed by atoms with Crippen LogP contribution in [0.5, 0.6) is 0 Å². The number of sulfonamides is 1. The lowest BCUT2D eigenvalue weighted by molar-refractivity contribution is -0.133. The number of nitrogens with one attached hydrogen (secondary N) is 1. The van der Waals surface area contributed by atoms with Gasteiger partial charge in [-0.15, -0.1) is 0 Å². The molecule has 0 spiro atoms. The summed E-state index contributed by atoms with van der Waals surface area (Å²) >= 11 is 0. The number of amides is 1. The van der Waals surface area contributed by atoms with Gasteiger partial charge < -0.3 is 14.9 Å². The van der Waals surface area contributed by atoms with Gasteiger partial charge in [0.05, 0.1) is 22.6 Å². The van der Waals surface area contributed by atoms with Crippen molar-refractivity contribution in [3.63, 3.8) is 0 Å². The van der Waals surface area contributed by atoms with Crippen molar-refractivity contribution in [3.8, 4) is 0 Å². The SMILES string of the molecule is CNS(=O)(=O)c1ccc(CCC(=O)N(C)C[C@]2(O)CCCN(c3ccnc4ccncc34)C2)cc1. The maximum Gasteiger partial charge on any atom is 0.240 e. The molecular formula is C25H31N5O4S. The van der Waals surface area contributed by atoms with Crippen LogP contribution in [-0.4, -0.2) is 73.6 Å². The lowest BCUT2D eigenvalue weighted by Crippen LogP contribution is -2.54. The zero-order valence-electron chi connectivity index (χ0n) is 20.0. The molecule has 0 radical (unpaired) electrons. The standard InChI is InChI=1S/C25H31N5O4S/c1-26-35(33,34)20-7-4-19(5-8-20)6-9-24(31)29(2)17-25(32)12-3-15-30(18-25)23-11-14-28-22-10-13-27-16-21(22)23/h4-5,7-8,10-11,13-14,16,26,32H,3,6,9,12,15,17-18H2,1-2H3/t25-/m1/s1. The second kappa shape index (κ2) is 10.3. The summed E-state index contributed by atoms with van der Waals surface area (Å²) in [6.07, 6.45) is 7.46. The maximum atomic E-state index is 12.8. The fraction of sp³-hybridized carbons (Fsp3) is 0.400. The summed E-state index contributed by atoms with van der Waals surface area (Å²) in [5.74, 6) is -0.0685. The predicted molar refractivity (Wildman–Crippen MR) is 135 cm³/mol. The van der Waals surface area contributed by atoms with E-state index in [1.807, 2.05) is 12.1 Å². The van der Waals surface area contributed by atoms with Crippen molar-refractivity contribution in [1.29, 1.82) is 0 Å². The summed E-state index contributed by atoms with van der Waals surface area (Å²) < 4.78 is 26.0. The number of aromatic nitrogens is 2. The molecule has 9 nitrogen and oxygen atoms in total. The quantitative estimate of drug-likeness (QED) is 0.489. The average molecular weight is 498 g/mol. The molecule has 1 saturated heterocycles. The highest BCUT2D eigenvalue weighted by Gasteiger charge is 2.36. The highest BCUT2D eigenvalue weighted by atomic mass is 32.2. The first-order chi connectivity index (χ1) is 16.7. The number of pyridine rings is 2. The molecule has 4 rings (SSSR count). The van der Waals surface area contributed by atoms with Crippen LogP contribution in [-0.2, 0) is 21.2 Å². The van der Waals surface area contributed by atoms with Crippen LogP contribution in [0, 0.1) is 0 Å². The molecule has 1 aliphatic rings. The molecular weight excluding hydrogens is 466 g/mol. The van der Waals surface area contributed by atoms with Crippen LogP contribution in [0.3, 0.4) is 0 Å². The van der Waals surface area contributed by atoms with Crippen molar-refractivity contribution in [2.75, 3.05) is 38.6 Å². The van der Waals surface area contributed by atoms with Gasteiger partial charge in [-0.25, -0.2) is 13.1 Å². The molecule has 186 valence electrons. The minimum Gasteiger partial charge on any atom is -0.386 e. The minimum absolute atomic E-state index is 0.0685. The Balaban J connectivity index is 1.37. The third kappa shape index (κ3) is 5.77. The van der Waals surface area contributed by atoms with E-state index >= 15 is 0 Å². The number of carbonyl (C=O) groups is 1. The molecule has 0 bridgehead atoms. The van der Waals surface area contributed by atoms with Gasteiger partial charge in [-0.2, -0.15) is 0 Å². The summed E-state index contributed by atoms with van der Waals surface area (Å²) in [5, 5.41) is 12.3. The normalized spacial score (nSPS) is 18.5. The second-order valence-electron chi connectivity index (χ2n) is 9.07. The van der Waals surface area contributed by atoms with Crippen LogP contribution in [0.1, 0.15) is 24.8 Å². The summed E-state index contributed by atoms with van der Waals surface area (Å²) in [6, 6.07) is 10.3. The number of β-amino-alcohol motifs (C(OH)–C–C–N with tert-alkyl or cyclic N) is 1.